The van der Waals surface area contributed by atoms with Gasteiger partial charge < -0.3 is 4.57 Å². The maximum absolute atomic E-state index is 2.49. The van der Waals surface area contributed by atoms with E-state index in [4.69, 9.17) is 0 Å². The molecule has 0 unspecified atom stereocenters. The standard InChI is InChI=1S/C33H25N/c1-22-14-17-33-31(20-22)29-12-6-7-13-32(29)34(33)19-18-23-15-16-28-26-10-3-2-8-24(26)25-9-4-5-11-27(25)30(28)21-23/h2-17,20-21H,18-19H2,1H3. The Balaban J connectivity index is 1.37. The maximum atomic E-state index is 2.49. The highest BCUT2D eigenvalue weighted by molar-refractivity contribution is 6.25. The van der Waals surface area contributed by atoms with Gasteiger partial charge in [0.25, 0.3) is 0 Å². The minimum absolute atomic E-state index is 0.962. The molecule has 0 spiro atoms. The van der Waals surface area contributed by atoms with Gasteiger partial charge in [-0.15, -0.1) is 0 Å². The van der Waals surface area contributed by atoms with Crippen LogP contribution in [-0.2, 0) is 13.0 Å². The third-order valence-electron chi connectivity index (χ3n) is 7.36. The van der Waals surface area contributed by atoms with Crippen LogP contribution in [0.2, 0.25) is 0 Å². The van der Waals surface area contributed by atoms with Crippen LogP contribution in [0.15, 0.2) is 109 Å². The molecule has 0 aliphatic carbocycles. The van der Waals surface area contributed by atoms with Crippen molar-refractivity contribution >= 4 is 54.1 Å². The highest BCUT2D eigenvalue weighted by atomic mass is 15.0. The number of benzene rings is 6. The smallest absolute Gasteiger partial charge is 0.0491 e. The summed E-state index contributed by atoms with van der Waals surface area (Å²) in [6, 6.07) is 40.3. The summed E-state index contributed by atoms with van der Waals surface area (Å²) in [5, 5.41) is 10.7. The molecule has 7 rings (SSSR count). The largest absolute Gasteiger partial charge is 0.340 e. The molecule has 0 atom stereocenters. The summed E-state index contributed by atoms with van der Waals surface area (Å²) >= 11 is 0. The fourth-order valence-electron chi connectivity index (χ4n) is 5.76. The first-order valence-electron chi connectivity index (χ1n) is 12.1. The van der Waals surface area contributed by atoms with Gasteiger partial charge in [0.05, 0.1) is 0 Å². The monoisotopic (exact) mass is 435 g/mol. The summed E-state index contributed by atoms with van der Waals surface area (Å²) in [5.74, 6) is 0. The molecule has 0 saturated carbocycles. The second-order valence-electron chi connectivity index (χ2n) is 9.41. The highest BCUT2D eigenvalue weighted by Crippen LogP contribution is 2.36. The zero-order valence-electron chi connectivity index (χ0n) is 19.3. The van der Waals surface area contributed by atoms with E-state index in [1.165, 1.54) is 65.3 Å². The molecule has 1 heteroatoms. The Morgan fingerprint density at radius 1 is 0.471 bits per heavy atom. The predicted molar refractivity (Wildman–Crippen MR) is 147 cm³/mol. The molecule has 162 valence electrons. The predicted octanol–water partition coefficient (Wildman–Crippen LogP) is 8.81. The summed E-state index contributed by atoms with van der Waals surface area (Å²) in [6.45, 7) is 3.14. The Hall–Kier alpha value is -4.10. The Bertz CT molecular complexity index is 1830. The normalized spacial score (nSPS) is 11.9. The molecule has 0 saturated heterocycles. The SMILES string of the molecule is Cc1ccc2c(c1)c1ccccc1n2CCc1ccc2c3ccccc3c3ccccc3c2c1. The van der Waals surface area contributed by atoms with Crippen LogP contribution in [0.4, 0.5) is 0 Å². The van der Waals surface area contributed by atoms with Gasteiger partial charge in [0.15, 0.2) is 0 Å². The van der Waals surface area contributed by atoms with Gasteiger partial charge in [-0.1, -0.05) is 96.6 Å². The first kappa shape index (κ1) is 19.4. The highest BCUT2D eigenvalue weighted by Gasteiger charge is 2.12. The van der Waals surface area contributed by atoms with Crippen molar-refractivity contribution in [3.63, 3.8) is 0 Å². The third-order valence-corrected chi connectivity index (χ3v) is 7.36. The summed E-state index contributed by atoms with van der Waals surface area (Å²) in [4.78, 5) is 0. The molecule has 0 fully saturated rings. The van der Waals surface area contributed by atoms with E-state index >= 15 is 0 Å². The van der Waals surface area contributed by atoms with Gasteiger partial charge >= 0.3 is 0 Å². The Morgan fingerprint density at radius 2 is 1.03 bits per heavy atom. The quantitative estimate of drug-likeness (QED) is 0.244. The van der Waals surface area contributed by atoms with Gasteiger partial charge in [0.2, 0.25) is 0 Å². The molecule has 34 heavy (non-hydrogen) atoms. The van der Waals surface area contributed by atoms with Crippen molar-refractivity contribution in [2.24, 2.45) is 0 Å². The van der Waals surface area contributed by atoms with Crippen LogP contribution < -0.4 is 0 Å². The molecule has 1 heterocycles. The lowest BCUT2D eigenvalue weighted by Gasteiger charge is -2.13. The van der Waals surface area contributed by atoms with Gasteiger partial charge in [-0.2, -0.15) is 0 Å². The Kier molecular flexibility index (Phi) is 4.25. The van der Waals surface area contributed by atoms with Gasteiger partial charge in [0, 0.05) is 28.4 Å². The van der Waals surface area contributed by atoms with E-state index in [-0.39, 0.29) is 0 Å². The van der Waals surface area contributed by atoms with E-state index in [1.807, 2.05) is 0 Å². The first-order valence-corrected chi connectivity index (χ1v) is 12.1. The van der Waals surface area contributed by atoms with Crippen LogP contribution in [-0.4, -0.2) is 4.57 Å². The van der Waals surface area contributed by atoms with Gasteiger partial charge in [-0.25, -0.2) is 0 Å². The molecule has 0 N–H and O–H groups in total. The van der Waals surface area contributed by atoms with Gasteiger partial charge in [-0.3, -0.25) is 0 Å². The number of fused-ring (bicyclic) bond motifs is 9. The molecule has 0 bridgehead atoms. The molecular formula is C33H25N. The van der Waals surface area contributed by atoms with Crippen LogP contribution in [0.3, 0.4) is 0 Å². The summed E-state index contributed by atoms with van der Waals surface area (Å²) < 4.78 is 2.49. The van der Waals surface area contributed by atoms with Crippen LogP contribution in [0.5, 0.6) is 0 Å². The molecule has 7 aromatic rings. The maximum Gasteiger partial charge on any atom is 0.0491 e. The molecular weight excluding hydrogens is 410 g/mol. The Labute approximate surface area is 198 Å². The summed E-state index contributed by atoms with van der Waals surface area (Å²) in [7, 11) is 0. The molecule has 1 nitrogen and oxygen atoms in total. The minimum Gasteiger partial charge on any atom is -0.340 e. The number of aryl methyl sites for hydroxylation is 3. The van der Waals surface area contributed by atoms with Crippen molar-refractivity contribution in [3.8, 4) is 0 Å². The zero-order chi connectivity index (χ0) is 22.6. The summed E-state index contributed by atoms with van der Waals surface area (Å²) in [6.07, 6.45) is 0.999. The van der Waals surface area contributed by atoms with Crippen molar-refractivity contribution in [2.45, 2.75) is 19.9 Å². The lowest BCUT2D eigenvalue weighted by atomic mass is 9.93. The topological polar surface area (TPSA) is 4.93 Å². The number of para-hydroxylation sites is 1. The van der Waals surface area contributed by atoms with Crippen molar-refractivity contribution in [2.75, 3.05) is 0 Å². The summed E-state index contributed by atoms with van der Waals surface area (Å²) in [5.41, 5.74) is 5.33. The van der Waals surface area contributed by atoms with E-state index in [1.54, 1.807) is 0 Å². The van der Waals surface area contributed by atoms with Crippen molar-refractivity contribution in [1.82, 2.24) is 4.57 Å². The molecule has 0 aliphatic rings. The van der Waals surface area contributed by atoms with E-state index in [9.17, 15) is 0 Å². The molecule has 1 aromatic heterocycles. The Morgan fingerprint density at radius 3 is 1.74 bits per heavy atom. The van der Waals surface area contributed by atoms with Crippen LogP contribution >= 0.6 is 0 Å². The minimum atomic E-state index is 0.962. The number of hydrogen-bond donors (Lipinski definition) is 0. The average Bonchev–Trinajstić information content (AvgIpc) is 3.20. The molecule has 0 radical (unpaired) electrons. The van der Waals surface area contributed by atoms with Crippen LogP contribution in [0.1, 0.15) is 11.1 Å². The third kappa shape index (κ3) is 2.87. The lowest BCUT2D eigenvalue weighted by molar-refractivity contribution is 0.745. The van der Waals surface area contributed by atoms with Crippen molar-refractivity contribution in [3.05, 3.63) is 120 Å². The van der Waals surface area contributed by atoms with E-state index in [0.717, 1.165) is 13.0 Å². The fraction of sp³-hybridized carbons (Fsp3) is 0.0909. The van der Waals surface area contributed by atoms with Gasteiger partial charge in [-0.05, 0) is 69.4 Å². The van der Waals surface area contributed by atoms with Crippen molar-refractivity contribution < 1.29 is 0 Å². The number of aromatic nitrogens is 1. The fourth-order valence-corrected chi connectivity index (χ4v) is 5.76. The second-order valence-corrected chi connectivity index (χ2v) is 9.41. The van der Waals surface area contributed by atoms with Gasteiger partial charge in [0.1, 0.15) is 0 Å². The van der Waals surface area contributed by atoms with Crippen LogP contribution in [0, 0.1) is 6.92 Å². The van der Waals surface area contributed by atoms with Crippen LogP contribution in [0.25, 0.3) is 54.1 Å². The average molecular weight is 436 g/mol. The first-order chi connectivity index (χ1) is 16.8. The molecule has 0 amide bonds. The van der Waals surface area contributed by atoms with Crippen molar-refractivity contribution in [1.29, 1.82) is 0 Å². The molecule has 0 aliphatic heterocycles. The lowest BCUT2D eigenvalue weighted by Crippen LogP contribution is -2.01. The number of rotatable bonds is 3. The zero-order valence-corrected chi connectivity index (χ0v) is 19.3. The van der Waals surface area contributed by atoms with E-state index in [2.05, 4.69) is 121 Å². The number of nitrogens with zero attached hydrogens (tertiary/aromatic N) is 1. The molecule has 6 aromatic carbocycles. The number of hydrogen-bond acceptors (Lipinski definition) is 0. The van der Waals surface area contributed by atoms with E-state index < -0.39 is 0 Å². The second kappa shape index (κ2) is 7.46. The van der Waals surface area contributed by atoms with E-state index in [0.29, 0.717) is 0 Å².